The standard InChI is InChI=1S/C8H20N4O2/c1-4-9-8(10-5-2,11-6-3)7-14-12-13/h9-11H,4-7H2,1-3H3. The Bertz CT molecular complexity index is 137. The van der Waals surface area contributed by atoms with Crippen LogP contribution < -0.4 is 16.0 Å². The Labute approximate surface area is 84.7 Å². The molecule has 0 atom stereocenters. The summed E-state index contributed by atoms with van der Waals surface area (Å²) in [6.45, 7) is 8.41. The van der Waals surface area contributed by atoms with Gasteiger partial charge in [0.05, 0.1) is 0 Å². The SMILES string of the molecule is CCNC(CON=O)(NCC)NCC. The maximum absolute atomic E-state index is 9.91. The second kappa shape index (κ2) is 7.66. The zero-order valence-corrected chi connectivity index (χ0v) is 9.09. The fraction of sp³-hybridized carbons (Fsp3) is 1.00. The number of nitrogens with one attached hydrogen (secondary N) is 3. The lowest BCUT2D eigenvalue weighted by Gasteiger charge is -2.34. The molecule has 0 aromatic carbocycles. The molecule has 0 saturated heterocycles. The smallest absolute Gasteiger partial charge is 0.165 e. The third kappa shape index (κ3) is 4.50. The van der Waals surface area contributed by atoms with Crippen molar-refractivity contribution in [2.75, 3.05) is 26.2 Å². The molecule has 0 spiro atoms. The topological polar surface area (TPSA) is 74.8 Å². The highest BCUT2D eigenvalue weighted by molar-refractivity contribution is 4.81. The predicted molar refractivity (Wildman–Crippen MR) is 55.5 cm³/mol. The zero-order chi connectivity index (χ0) is 10.9. The van der Waals surface area contributed by atoms with Crippen LogP contribution in [0, 0.1) is 4.91 Å². The summed E-state index contributed by atoms with van der Waals surface area (Å²) in [6.07, 6.45) is 0. The van der Waals surface area contributed by atoms with E-state index in [0.717, 1.165) is 19.6 Å². The van der Waals surface area contributed by atoms with Crippen molar-refractivity contribution in [1.82, 2.24) is 16.0 Å². The van der Waals surface area contributed by atoms with Gasteiger partial charge in [-0.3, -0.25) is 16.0 Å². The molecule has 3 N–H and O–H groups in total. The van der Waals surface area contributed by atoms with E-state index < -0.39 is 5.79 Å². The Kier molecular flexibility index (Phi) is 7.27. The lowest BCUT2D eigenvalue weighted by atomic mass is 10.3. The summed E-state index contributed by atoms with van der Waals surface area (Å²) in [4.78, 5) is 14.4. The van der Waals surface area contributed by atoms with Gasteiger partial charge in [0, 0.05) is 0 Å². The third-order valence-corrected chi connectivity index (χ3v) is 1.77. The number of hydrogen-bond donors (Lipinski definition) is 3. The maximum atomic E-state index is 9.91. The molecule has 0 rings (SSSR count). The van der Waals surface area contributed by atoms with Crippen molar-refractivity contribution in [1.29, 1.82) is 0 Å². The summed E-state index contributed by atoms with van der Waals surface area (Å²) in [5, 5.41) is 12.0. The molecule has 0 aromatic rings. The van der Waals surface area contributed by atoms with Gasteiger partial charge in [0.2, 0.25) is 0 Å². The maximum Gasteiger partial charge on any atom is 0.165 e. The van der Waals surface area contributed by atoms with Crippen LogP contribution in [-0.4, -0.2) is 32.0 Å². The number of nitrogens with zero attached hydrogens (tertiary/aromatic N) is 1. The monoisotopic (exact) mass is 204 g/mol. The van der Waals surface area contributed by atoms with E-state index in [1.165, 1.54) is 0 Å². The van der Waals surface area contributed by atoms with Gasteiger partial charge < -0.3 is 4.84 Å². The van der Waals surface area contributed by atoms with Gasteiger partial charge in [0.1, 0.15) is 0 Å². The molecule has 0 amide bonds. The van der Waals surface area contributed by atoms with E-state index in [4.69, 9.17) is 0 Å². The Morgan fingerprint density at radius 1 is 1.07 bits per heavy atom. The molecule has 0 fully saturated rings. The average Bonchev–Trinajstić information content (AvgIpc) is 2.16. The van der Waals surface area contributed by atoms with E-state index in [9.17, 15) is 4.91 Å². The molecule has 6 nitrogen and oxygen atoms in total. The van der Waals surface area contributed by atoms with Gasteiger partial charge in [-0.25, -0.2) is 0 Å². The van der Waals surface area contributed by atoms with E-state index in [-0.39, 0.29) is 6.61 Å². The van der Waals surface area contributed by atoms with Gasteiger partial charge in [-0.1, -0.05) is 20.8 Å². The van der Waals surface area contributed by atoms with Crippen LogP contribution in [0.5, 0.6) is 0 Å². The third-order valence-electron chi connectivity index (χ3n) is 1.77. The highest BCUT2D eigenvalue weighted by atomic mass is 16.7. The molecule has 0 bridgehead atoms. The van der Waals surface area contributed by atoms with Gasteiger partial charge in [-0.2, -0.15) is 0 Å². The minimum absolute atomic E-state index is 0.159. The van der Waals surface area contributed by atoms with Gasteiger partial charge in [-0.05, 0) is 19.6 Å². The number of rotatable bonds is 9. The van der Waals surface area contributed by atoms with E-state index in [1.54, 1.807) is 0 Å². The first-order chi connectivity index (χ1) is 6.74. The molecule has 14 heavy (non-hydrogen) atoms. The van der Waals surface area contributed by atoms with Crippen molar-refractivity contribution in [3.05, 3.63) is 4.91 Å². The van der Waals surface area contributed by atoms with Gasteiger partial charge in [0.25, 0.3) is 0 Å². The minimum Gasteiger partial charge on any atom is -0.359 e. The van der Waals surface area contributed by atoms with Crippen LogP contribution in [0.3, 0.4) is 0 Å². The first-order valence-corrected chi connectivity index (χ1v) is 4.94. The van der Waals surface area contributed by atoms with E-state index in [2.05, 4.69) is 26.1 Å². The first-order valence-electron chi connectivity index (χ1n) is 4.94. The van der Waals surface area contributed by atoms with Crippen molar-refractivity contribution in [3.63, 3.8) is 0 Å². The molecule has 6 heteroatoms. The lowest BCUT2D eigenvalue weighted by molar-refractivity contribution is 0.0353. The summed E-state index contributed by atoms with van der Waals surface area (Å²) in [5.74, 6) is -0.563. The Hall–Kier alpha value is -0.720. The fourth-order valence-electron chi connectivity index (χ4n) is 1.37. The zero-order valence-electron chi connectivity index (χ0n) is 9.09. The molecule has 0 unspecified atom stereocenters. The summed E-state index contributed by atoms with van der Waals surface area (Å²) in [6, 6.07) is 0. The quantitative estimate of drug-likeness (QED) is 0.283. The predicted octanol–water partition coefficient (Wildman–Crippen LogP) is 0.167. The highest BCUT2D eigenvalue weighted by Crippen LogP contribution is 1.97. The van der Waals surface area contributed by atoms with Crippen molar-refractivity contribution in [2.45, 2.75) is 26.6 Å². The Balaban J connectivity index is 4.28. The minimum atomic E-state index is -0.563. The summed E-state index contributed by atoms with van der Waals surface area (Å²) in [5.41, 5.74) is 0. The number of likely N-dealkylation sites (N-methyl/N-ethyl adjacent to an activating group) is 3. The van der Waals surface area contributed by atoms with Crippen molar-refractivity contribution < 1.29 is 4.84 Å². The molecular formula is C8H20N4O2. The van der Waals surface area contributed by atoms with Crippen LogP contribution in [-0.2, 0) is 4.84 Å². The summed E-state index contributed by atoms with van der Waals surface area (Å²) < 4.78 is 0. The van der Waals surface area contributed by atoms with Crippen molar-refractivity contribution >= 4 is 0 Å². The molecule has 0 saturated carbocycles. The fourth-order valence-corrected chi connectivity index (χ4v) is 1.37. The second-order valence-electron chi connectivity index (χ2n) is 2.84. The van der Waals surface area contributed by atoms with Crippen LogP contribution in [0.2, 0.25) is 0 Å². The van der Waals surface area contributed by atoms with Gasteiger partial charge in [-0.15, -0.1) is 4.91 Å². The van der Waals surface area contributed by atoms with Crippen molar-refractivity contribution in [3.8, 4) is 0 Å². The van der Waals surface area contributed by atoms with Crippen LogP contribution in [0.25, 0.3) is 0 Å². The van der Waals surface area contributed by atoms with Gasteiger partial charge in [0.15, 0.2) is 17.7 Å². The Morgan fingerprint density at radius 3 is 1.79 bits per heavy atom. The van der Waals surface area contributed by atoms with E-state index >= 15 is 0 Å². The largest absolute Gasteiger partial charge is 0.359 e. The summed E-state index contributed by atoms with van der Waals surface area (Å²) >= 11 is 0. The highest BCUT2D eigenvalue weighted by Gasteiger charge is 2.27. The molecule has 0 aromatic heterocycles. The van der Waals surface area contributed by atoms with Crippen molar-refractivity contribution in [2.24, 2.45) is 5.34 Å². The van der Waals surface area contributed by atoms with Crippen LogP contribution in [0.4, 0.5) is 0 Å². The molecule has 0 aliphatic rings. The molecule has 0 aliphatic carbocycles. The van der Waals surface area contributed by atoms with Crippen LogP contribution in [0.1, 0.15) is 20.8 Å². The Morgan fingerprint density at radius 2 is 1.50 bits per heavy atom. The van der Waals surface area contributed by atoms with Gasteiger partial charge >= 0.3 is 0 Å². The van der Waals surface area contributed by atoms with Crippen LogP contribution >= 0.6 is 0 Å². The normalized spacial score (nSPS) is 11.4. The number of hydrogen-bond acceptors (Lipinski definition) is 6. The molecular weight excluding hydrogens is 184 g/mol. The van der Waals surface area contributed by atoms with E-state index in [1.807, 2.05) is 20.8 Å². The first kappa shape index (κ1) is 13.3. The molecule has 0 radical (unpaired) electrons. The molecule has 84 valence electrons. The lowest BCUT2D eigenvalue weighted by Crippen LogP contribution is -2.68. The van der Waals surface area contributed by atoms with E-state index in [0.29, 0.717) is 0 Å². The van der Waals surface area contributed by atoms with Crippen LogP contribution in [0.15, 0.2) is 5.34 Å². The second-order valence-corrected chi connectivity index (χ2v) is 2.84. The summed E-state index contributed by atoms with van der Waals surface area (Å²) in [7, 11) is 0. The molecule has 0 heterocycles. The average molecular weight is 204 g/mol. The molecule has 0 aliphatic heterocycles.